The Morgan fingerprint density at radius 3 is 2.42 bits per heavy atom. The Morgan fingerprint density at radius 2 is 1.79 bits per heavy atom. The Morgan fingerprint density at radius 1 is 1.11 bits per heavy atom. The lowest BCUT2D eigenvalue weighted by Crippen LogP contribution is -2.56. The summed E-state index contributed by atoms with van der Waals surface area (Å²) in [4.78, 5) is 25.1. The second-order valence-corrected chi connectivity index (χ2v) is 5.88. The highest BCUT2D eigenvalue weighted by molar-refractivity contribution is 5.83. The number of carbonyl (C=O) groups is 2. The van der Waals surface area contributed by atoms with Gasteiger partial charge in [0, 0.05) is 12.6 Å². The second kappa shape index (κ2) is 6.26. The van der Waals surface area contributed by atoms with Crippen molar-refractivity contribution < 1.29 is 14.7 Å². The maximum Gasteiger partial charge on any atom is 0.326 e. The van der Waals surface area contributed by atoms with Gasteiger partial charge < -0.3 is 15.3 Å². The number of nitrogens with zero attached hydrogens (tertiary/aromatic N) is 1. The Bertz CT molecular complexity index is 340. The first-order valence-corrected chi connectivity index (χ1v) is 7.39. The highest BCUT2D eigenvalue weighted by atomic mass is 16.4. The van der Waals surface area contributed by atoms with Gasteiger partial charge in [0.25, 0.3) is 0 Å². The molecular weight excluding hydrogens is 244 g/mol. The molecule has 1 heterocycles. The first kappa shape index (κ1) is 14.2. The summed E-state index contributed by atoms with van der Waals surface area (Å²) in [6.07, 6.45) is 7.37. The number of aliphatic carboxylic acids is 1. The molecule has 5 nitrogen and oxygen atoms in total. The third-order valence-electron chi connectivity index (χ3n) is 4.38. The monoisotopic (exact) mass is 268 g/mol. The molecule has 1 aliphatic carbocycles. The van der Waals surface area contributed by atoms with E-state index in [2.05, 4.69) is 5.32 Å². The van der Waals surface area contributed by atoms with Crippen molar-refractivity contribution in [3.05, 3.63) is 0 Å². The van der Waals surface area contributed by atoms with Crippen LogP contribution < -0.4 is 5.32 Å². The average molecular weight is 268 g/mol. The molecule has 2 aliphatic rings. The number of hydrogen-bond acceptors (Lipinski definition) is 2. The molecule has 2 N–H and O–H groups in total. The molecule has 108 valence electrons. The van der Waals surface area contributed by atoms with E-state index in [0.29, 0.717) is 6.54 Å². The van der Waals surface area contributed by atoms with Crippen LogP contribution in [-0.4, -0.2) is 40.6 Å². The van der Waals surface area contributed by atoms with E-state index in [1.54, 1.807) is 0 Å². The predicted octanol–water partition coefficient (Wildman–Crippen LogP) is 2.21. The van der Waals surface area contributed by atoms with Crippen molar-refractivity contribution in [1.82, 2.24) is 10.2 Å². The van der Waals surface area contributed by atoms with E-state index < -0.39 is 12.0 Å². The molecule has 1 aliphatic heterocycles. The number of carboxylic acids is 1. The standard InChI is InChI=1S/C14H24N2O3/c1-10-6-5-9-16(12(10)13(17)18)14(19)15-11-7-3-2-4-8-11/h10-12H,2-9H2,1H3,(H,15,19)(H,17,18). The molecular formula is C14H24N2O3. The fraction of sp³-hybridized carbons (Fsp3) is 0.857. The van der Waals surface area contributed by atoms with Gasteiger partial charge in [0.15, 0.2) is 0 Å². The molecule has 2 amide bonds. The number of nitrogens with one attached hydrogen (secondary N) is 1. The van der Waals surface area contributed by atoms with Gasteiger partial charge in [-0.2, -0.15) is 0 Å². The van der Waals surface area contributed by atoms with Gasteiger partial charge in [-0.05, 0) is 31.6 Å². The van der Waals surface area contributed by atoms with Gasteiger partial charge in [-0.25, -0.2) is 9.59 Å². The van der Waals surface area contributed by atoms with Crippen LogP contribution in [0.5, 0.6) is 0 Å². The van der Waals surface area contributed by atoms with Crippen molar-refractivity contribution in [3.8, 4) is 0 Å². The Kier molecular flexibility index (Phi) is 4.66. The lowest BCUT2D eigenvalue weighted by molar-refractivity contribution is -0.145. The zero-order valence-corrected chi connectivity index (χ0v) is 11.6. The number of urea groups is 1. The topological polar surface area (TPSA) is 69.6 Å². The summed E-state index contributed by atoms with van der Waals surface area (Å²) in [6.45, 7) is 2.47. The molecule has 0 spiro atoms. The van der Waals surface area contributed by atoms with Gasteiger partial charge in [0.1, 0.15) is 6.04 Å². The average Bonchev–Trinajstić information content (AvgIpc) is 2.39. The molecule has 1 saturated heterocycles. The molecule has 5 heteroatoms. The third-order valence-corrected chi connectivity index (χ3v) is 4.38. The summed E-state index contributed by atoms with van der Waals surface area (Å²) >= 11 is 0. The minimum Gasteiger partial charge on any atom is -0.480 e. The van der Waals surface area contributed by atoms with Crippen LogP contribution in [-0.2, 0) is 4.79 Å². The van der Waals surface area contributed by atoms with Gasteiger partial charge in [-0.3, -0.25) is 0 Å². The molecule has 2 fully saturated rings. The summed E-state index contributed by atoms with van der Waals surface area (Å²) in [7, 11) is 0. The van der Waals surface area contributed by atoms with Gasteiger partial charge in [0.2, 0.25) is 0 Å². The molecule has 2 atom stereocenters. The normalized spacial score (nSPS) is 29.0. The van der Waals surface area contributed by atoms with Gasteiger partial charge >= 0.3 is 12.0 Å². The molecule has 0 radical (unpaired) electrons. The van der Waals surface area contributed by atoms with Crippen LogP contribution >= 0.6 is 0 Å². The lowest BCUT2D eigenvalue weighted by atomic mass is 9.91. The summed E-state index contributed by atoms with van der Waals surface area (Å²) in [6, 6.07) is -0.629. The molecule has 0 aromatic heterocycles. The predicted molar refractivity (Wildman–Crippen MR) is 71.9 cm³/mol. The van der Waals surface area contributed by atoms with Crippen LogP contribution in [0.15, 0.2) is 0 Å². The second-order valence-electron chi connectivity index (χ2n) is 5.88. The van der Waals surface area contributed by atoms with Crippen molar-refractivity contribution in [1.29, 1.82) is 0 Å². The largest absolute Gasteiger partial charge is 0.480 e. The summed E-state index contributed by atoms with van der Waals surface area (Å²) in [5, 5.41) is 12.3. The maximum absolute atomic E-state index is 12.3. The molecule has 0 aromatic carbocycles. The van der Waals surface area contributed by atoms with Crippen LogP contribution in [0.3, 0.4) is 0 Å². The van der Waals surface area contributed by atoms with E-state index in [1.807, 2.05) is 6.92 Å². The number of carbonyl (C=O) groups excluding carboxylic acids is 1. The van der Waals surface area contributed by atoms with E-state index in [1.165, 1.54) is 11.3 Å². The van der Waals surface area contributed by atoms with Crippen molar-refractivity contribution in [2.45, 2.75) is 64.0 Å². The lowest BCUT2D eigenvalue weighted by Gasteiger charge is -2.38. The molecule has 2 rings (SSSR count). The van der Waals surface area contributed by atoms with E-state index in [4.69, 9.17) is 0 Å². The number of hydrogen-bond donors (Lipinski definition) is 2. The van der Waals surface area contributed by atoms with E-state index in [9.17, 15) is 14.7 Å². The summed E-state index contributed by atoms with van der Waals surface area (Å²) in [5.41, 5.74) is 0. The van der Waals surface area contributed by atoms with Crippen LogP contribution in [0.2, 0.25) is 0 Å². The molecule has 1 saturated carbocycles. The fourth-order valence-corrected chi connectivity index (χ4v) is 3.30. The first-order chi connectivity index (χ1) is 9.09. The summed E-state index contributed by atoms with van der Waals surface area (Å²) < 4.78 is 0. The van der Waals surface area contributed by atoms with Gasteiger partial charge in [0.05, 0.1) is 0 Å². The van der Waals surface area contributed by atoms with Crippen molar-refractivity contribution in [2.24, 2.45) is 5.92 Å². The third kappa shape index (κ3) is 3.39. The number of piperidine rings is 1. The van der Waals surface area contributed by atoms with Crippen LogP contribution in [0.4, 0.5) is 4.79 Å². The smallest absolute Gasteiger partial charge is 0.326 e. The number of rotatable bonds is 2. The molecule has 19 heavy (non-hydrogen) atoms. The van der Waals surface area contributed by atoms with Crippen molar-refractivity contribution in [2.75, 3.05) is 6.54 Å². The van der Waals surface area contributed by atoms with Crippen LogP contribution in [0.25, 0.3) is 0 Å². The fourth-order valence-electron chi connectivity index (χ4n) is 3.30. The molecule has 0 aromatic rings. The minimum atomic E-state index is -0.883. The zero-order chi connectivity index (χ0) is 13.8. The van der Waals surface area contributed by atoms with Gasteiger partial charge in [-0.1, -0.05) is 26.2 Å². The number of likely N-dealkylation sites (tertiary alicyclic amines) is 1. The highest BCUT2D eigenvalue weighted by Gasteiger charge is 2.37. The van der Waals surface area contributed by atoms with Crippen molar-refractivity contribution >= 4 is 12.0 Å². The van der Waals surface area contributed by atoms with E-state index in [-0.39, 0.29) is 18.0 Å². The van der Waals surface area contributed by atoms with Crippen LogP contribution in [0, 0.1) is 5.92 Å². The zero-order valence-electron chi connectivity index (χ0n) is 11.6. The number of carboxylic acid groups (broad SMARTS) is 1. The Hall–Kier alpha value is -1.26. The molecule has 0 bridgehead atoms. The number of amides is 2. The Labute approximate surface area is 114 Å². The van der Waals surface area contributed by atoms with Gasteiger partial charge in [-0.15, -0.1) is 0 Å². The Balaban J connectivity index is 1.97. The summed E-state index contributed by atoms with van der Waals surface area (Å²) in [5.74, 6) is -0.852. The maximum atomic E-state index is 12.3. The minimum absolute atomic E-state index is 0.0309. The van der Waals surface area contributed by atoms with Crippen molar-refractivity contribution in [3.63, 3.8) is 0 Å². The van der Waals surface area contributed by atoms with E-state index >= 15 is 0 Å². The highest BCUT2D eigenvalue weighted by Crippen LogP contribution is 2.24. The molecule has 2 unspecified atom stereocenters. The van der Waals surface area contributed by atoms with Crippen LogP contribution in [0.1, 0.15) is 51.9 Å². The first-order valence-electron chi connectivity index (χ1n) is 7.39. The quantitative estimate of drug-likeness (QED) is 0.806. The van der Waals surface area contributed by atoms with E-state index in [0.717, 1.165) is 38.5 Å². The SMILES string of the molecule is CC1CCCN(C(=O)NC2CCCCC2)C1C(=O)O.